The van der Waals surface area contributed by atoms with Gasteiger partial charge in [-0.1, -0.05) is 11.6 Å². The lowest BCUT2D eigenvalue weighted by Crippen LogP contribution is -2.32. The van der Waals surface area contributed by atoms with E-state index in [1.54, 1.807) is 10.7 Å². The first-order valence-electron chi connectivity index (χ1n) is 7.74. The topological polar surface area (TPSA) is 81.9 Å². The molecule has 2 heterocycles. The zero-order valence-electron chi connectivity index (χ0n) is 13.1. The third kappa shape index (κ3) is 3.32. The Morgan fingerprint density at radius 2 is 2.08 bits per heavy atom. The first-order valence-corrected chi connectivity index (χ1v) is 8.12. The molecule has 25 heavy (non-hydrogen) atoms. The first kappa shape index (κ1) is 15.6. The Morgan fingerprint density at radius 3 is 2.84 bits per heavy atom. The summed E-state index contributed by atoms with van der Waals surface area (Å²) in [4.78, 5) is 12.5. The van der Waals surface area contributed by atoms with Crippen molar-refractivity contribution < 1.29 is 9.53 Å². The number of carbonyl (C=O) groups excluding carboxylic acids is 1. The summed E-state index contributed by atoms with van der Waals surface area (Å²) >= 11 is 6.02. The number of anilines is 1. The molecule has 1 amide bonds. The third-order valence-corrected chi connectivity index (χ3v) is 4.28. The number of rotatable bonds is 3. The van der Waals surface area contributed by atoms with E-state index in [-0.39, 0.29) is 11.8 Å². The molecule has 4 rings (SSSR count). The van der Waals surface area contributed by atoms with Crippen LogP contribution < -0.4 is 10.1 Å². The summed E-state index contributed by atoms with van der Waals surface area (Å²) in [5.74, 6) is 0.449. The number of nitrogens with one attached hydrogen (secondary N) is 1. The number of aromatic nitrogens is 4. The lowest BCUT2D eigenvalue weighted by Gasteiger charge is -2.24. The van der Waals surface area contributed by atoms with Crippen LogP contribution in [0, 0.1) is 5.92 Å². The Bertz CT molecular complexity index is 896. The highest BCUT2D eigenvalue weighted by Crippen LogP contribution is 2.30. The average Bonchev–Trinajstić information content (AvgIpc) is 3.16. The van der Waals surface area contributed by atoms with Crippen molar-refractivity contribution in [3.8, 4) is 11.4 Å². The van der Waals surface area contributed by atoms with Gasteiger partial charge in [0.25, 0.3) is 0 Å². The smallest absolute Gasteiger partial charge is 0.231 e. The van der Waals surface area contributed by atoms with Gasteiger partial charge in [0, 0.05) is 10.7 Å². The van der Waals surface area contributed by atoms with Crippen LogP contribution in [0.2, 0.25) is 5.02 Å². The number of tetrazole rings is 1. The number of nitrogens with zero attached hydrogens (tertiary/aromatic N) is 4. The molecule has 0 fully saturated rings. The summed E-state index contributed by atoms with van der Waals surface area (Å²) in [6.45, 7) is 0.350. The number of ether oxygens (including phenoxy) is 1. The molecule has 0 saturated heterocycles. The molecule has 0 aliphatic carbocycles. The second-order valence-corrected chi connectivity index (χ2v) is 6.19. The number of benzene rings is 2. The lowest BCUT2D eigenvalue weighted by molar-refractivity contribution is -0.121. The molecule has 0 radical (unpaired) electrons. The molecule has 0 unspecified atom stereocenters. The summed E-state index contributed by atoms with van der Waals surface area (Å²) in [5, 5.41) is 14.6. The monoisotopic (exact) mass is 355 g/mol. The molecule has 1 aliphatic rings. The molecule has 2 aromatic carbocycles. The van der Waals surface area contributed by atoms with Crippen molar-refractivity contribution in [2.24, 2.45) is 5.92 Å². The van der Waals surface area contributed by atoms with Crippen LogP contribution in [0.25, 0.3) is 5.69 Å². The van der Waals surface area contributed by atoms with Gasteiger partial charge in [0.15, 0.2) is 0 Å². The van der Waals surface area contributed by atoms with E-state index in [1.165, 1.54) is 6.33 Å². The number of carbonyl (C=O) groups is 1. The summed E-state index contributed by atoms with van der Waals surface area (Å²) in [5.41, 5.74) is 2.47. The highest BCUT2D eigenvalue weighted by Gasteiger charge is 2.26. The summed E-state index contributed by atoms with van der Waals surface area (Å²) < 4.78 is 7.22. The van der Waals surface area contributed by atoms with E-state index < -0.39 is 0 Å². The SMILES string of the molecule is O=C(Nc1ccc(-n2cnnn2)cc1)[C@@H]1COc2ccc(Cl)cc2C1. The maximum Gasteiger partial charge on any atom is 0.231 e. The van der Waals surface area contributed by atoms with Crippen molar-refractivity contribution in [1.82, 2.24) is 20.2 Å². The highest BCUT2D eigenvalue weighted by molar-refractivity contribution is 6.30. The van der Waals surface area contributed by atoms with E-state index in [0.29, 0.717) is 23.7 Å². The van der Waals surface area contributed by atoms with Crippen molar-refractivity contribution in [1.29, 1.82) is 0 Å². The summed E-state index contributed by atoms with van der Waals surface area (Å²) in [6.07, 6.45) is 2.11. The fourth-order valence-electron chi connectivity index (χ4n) is 2.75. The van der Waals surface area contributed by atoms with Crippen LogP contribution in [0.1, 0.15) is 5.56 Å². The van der Waals surface area contributed by atoms with Crippen molar-refractivity contribution in [3.63, 3.8) is 0 Å². The van der Waals surface area contributed by atoms with Gasteiger partial charge in [0.2, 0.25) is 5.91 Å². The molecule has 0 saturated carbocycles. The number of halogens is 1. The van der Waals surface area contributed by atoms with E-state index in [2.05, 4.69) is 20.8 Å². The van der Waals surface area contributed by atoms with Gasteiger partial charge in [0.05, 0.1) is 11.6 Å². The minimum Gasteiger partial charge on any atom is -0.492 e. The number of fused-ring (bicyclic) bond motifs is 1. The molecule has 7 nitrogen and oxygen atoms in total. The van der Waals surface area contributed by atoms with E-state index >= 15 is 0 Å². The zero-order chi connectivity index (χ0) is 17.2. The van der Waals surface area contributed by atoms with Crippen molar-refractivity contribution in [2.75, 3.05) is 11.9 Å². The van der Waals surface area contributed by atoms with Gasteiger partial charge in [-0.05, 0) is 64.9 Å². The molecule has 1 aromatic heterocycles. The van der Waals surface area contributed by atoms with Crippen LogP contribution in [0.3, 0.4) is 0 Å². The Morgan fingerprint density at radius 1 is 1.24 bits per heavy atom. The molecular formula is C17H14ClN5O2. The Balaban J connectivity index is 1.44. The second kappa shape index (κ2) is 6.52. The van der Waals surface area contributed by atoms with E-state index in [0.717, 1.165) is 17.0 Å². The first-order chi connectivity index (χ1) is 12.2. The molecule has 1 atom stereocenters. The van der Waals surface area contributed by atoms with Crippen LogP contribution in [0.15, 0.2) is 48.8 Å². The van der Waals surface area contributed by atoms with Gasteiger partial charge < -0.3 is 10.1 Å². The van der Waals surface area contributed by atoms with E-state index in [9.17, 15) is 4.79 Å². The van der Waals surface area contributed by atoms with Crippen LogP contribution in [0.4, 0.5) is 5.69 Å². The fourth-order valence-corrected chi connectivity index (χ4v) is 2.95. The summed E-state index contributed by atoms with van der Waals surface area (Å²) in [6, 6.07) is 12.7. The minimum atomic E-state index is -0.259. The van der Waals surface area contributed by atoms with Crippen molar-refractivity contribution in [2.45, 2.75) is 6.42 Å². The lowest BCUT2D eigenvalue weighted by atomic mass is 9.96. The van der Waals surface area contributed by atoms with E-state index in [1.807, 2.05) is 36.4 Å². The molecule has 1 aliphatic heterocycles. The number of amides is 1. The van der Waals surface area contributed by atoms with Gasteiger partial charge in [0.1, 0.15) is 18.7 Å². The van der Waals surface area contributed by atoms with Crippen LogP contribution >= 0.6 is 11.6 Å². The highest BCUT2D eigenvalue weighted by atomic mass is 35.5. The predicted octanol–water partition coefficient (Wildman–Crippen LogP) is 2.51. The third-order valence-electron chi connectivity index (χ3n) is 4.05. The Labute approximate surface area is 148 Å². The van der Waals surface area contributed by atoms with Gasteiger partial charge in [-0.15, -0.1) is 5.10 Å². The molecular weight excluding hydrogens is 342 g/mol. The molecule has 0 spiro atoms. The minimum absolute atomic E-state index is 0.0826. The molecule has 0 bridgehead atoms. The Kier molecular flexibility index (Phi) is 4.07. The quantitative estimate of drug-likeness (QED) is 0.780. The van der Waals surface area contributed by atoms with Crippen LogP contribution in [0.5, 0.6) is 5.75 Å². The molecule has 126 valence electrons. The van der Waals surface area contributed by atoms with Crippen molar-refractivity contribution in [3.05, 3.63) is 59.4 Å². The Hall–Kier alpha value is -2.93. The van der Waals surface area contributed by atoms with Crippen LogP contribution in [-0.2, 0) is 11.2 Å². The standard InChI is InChI=1S/C17H14ClN5O2/c18-13-1-6-16-11(8-13)7-12(9-25-16)17(24)20-14-2-4-15(5-3-14)23-10-19-21-22-23/h1-6,8,10,12H,7,9H2,(H,20,24)/t12-/m0/s1. The maximum atomic E-state index is 12.5. The summed E-state index contributed by atoms with van der Waals surface area (Å²) in [7, 11) is 0. The zero-order valence-corrected chi connectivity index (χ0v) is 13.8. The molecule has 3 aromatic rings. The fraction of sp³-hybridized carbons (Fsp3) is 0.176. The number of hydrogen-bond acceptors (Lipinski definition) is 5. The normalized spacial score (nSPS) is 16.0. The largest absolute Gasteiger partial charge is 0.492 e. The predicted molar refractivity (Wildman–Crippen MR) is 91.9 cm³/mol. The molecule has 8 heteroatoms. The van der Waals surface area contributed by atoms with Crippen LogP contribution in [-0.4, -0.2) is 32.7 Å². The van der Waals surface area contributed by atoms with Gasteiger partial charge >= 0.3 is 0 Å². The number of hydrogen-bond donors (Lipinski definition) is 1. The van der Waals surface area contributed by atoms with Gasteiger partial charge in [-0.25, -0.2) is 4.68 Å². The second-order valence-electron chi connectivity index (χ2n) is 5.75. The van der Waals surface area contributed by atoms with Crippen molar-refractivity contribution >= 4 is 23.2 Å². The maximum absolute atomic E-state index is 12.5. The van der Waals surface area contributed by atoms with Gasteiger partial charge in [-0.3, -0.25) is 4.79 Å². The van der Waals surface area contributed by atoms with E-state index in [4.69, 9.17) is 16.3 Å². The average molecular weight is 356 g/mol. The molecule has 1 N–H and O–H groups in total. The van der Waals surface area contributed by atoms with Gasteiger partial charge in [-0.2, -0.15) is 0 Å².